The summed E-state index contributed by atoms with van der Waals surface area (Å²) in [5.74, 6) is 0.244. The number of hydrogen-bond donors (Lipinski definition) is 1. The highest BCUT2D eigenvalue weighted by molar-refractivity contribution is 7.89. The van der Waals surface area contributed by atoms with Crippen LogP contribution in [0.5, 0.6) is 0 Å². The third kappa shape index (κ3) is 2.91. The molecular formula is C15H18FN3O2S. The Balaban J connectivity index is 1.77. The third-order valence-electron chi connectivity index (χ3n) is 4.01. The van der Waals surface area contributed by atoms with Crippen LogP contribution < -0.4 is 4.72 Å². The van der Waals surface area contributed by atoms with Gasteiger partial charge in [-0.05, 0) is 49.9 Å². The first-order valence-corrected chi connectivity index (χ1v) is 8.74. The van der Waals surface area contributed by atoms with Gasteiger partial charge in [-0.1, -0.05) is 0 Å². The molecule has 2 aromatic rings. The zero-order valence-electron chi connectivity index (χ0n) is 12.3. The Labute approximate surface area is 129 Å². The highest BCUT2D eigenvalue weighted by Gasteiger charge is 2.20. The van der Waals surface area contributed by atoms with Crippen LogP contribution in [-0.2, 0) is 36.5 Å². The molecule has 0 saturated heterocycles. The Kier molecular flexibility index (Phi) is 4.01. The number of aryl methyl sites for hydroxylation is 1. The monoisotopic (exact) mass is 323 g/mol. The normalized spacial score (nSPS) is 14.8. The number of nitrogens with zero attached hydrogens (tertiary/aromatic N) is 2. The summed E-state index contributed by atoms with van der Waals surface area (Å²) in [6.45, 7) is 0.128. The van der Waals surface area contributed by atoms with Crippen molar-refractivity contribution in [3.63, 3.8) is 0 Å². The second kappa shape index (κ2) is 5.81. The summed E-state index contributed by atoms with van der Waals surface area (Å²) in [7, 11) is -1.75. The van der Waals surface area contributed by atoms with Gasteiger partial charge >= 0.3 is 0 Å². The van der Waals surface area contributed by atoms with Crippen LogP contribution >= 0.6 is 0 Å². The number of aromatic nitrogens is 2. The van der Waals surface area contributed by atoms with Crippen molar-refractivity contribution in [2.75, 3.05) is 0 Å². The minimum atomic E-state index is -3.66. The van der Waals surface area contributed by atoms with Crippen LogP contribution in [0.25, 0.3) is 0 Å². The number of benzene rings is 1. The van der Waals surface area contributed by atoms with Crippen LogP contribution in [-0.4, -0.2) is 18.0 Å². The molecule has 1 N–H and O–H groups in total. The van der Waals surface area contributed by atoms with Gasteiger partial charge in [0.05, 0.1) is 17.1 Å². The number of nitrogens with one attached hydrogen (secondary N) is 1. The predicted molar refractivity (Wildman–Crippen MR) is 80.3 cm³/mol. The Morgan fingerprint density at radius 1 is 1.23 bits per heavy atom. The molecule has 5 nitrogen and oxygen atoms in total. The van der Waals surface area contributed by atoms with Gasteiger partial charge < -0.3 is 4.57 Å². The lowest BCUT2D eigenvalue weighted by Gasteiger charge is -2.11. The first kappa shape index (κ1) is 15.2. The highest BCUT2D eigenvalue weighted by atomic mass is 32.2. The first-order valence-electron chi connectivity index (χ1n) is 7.26. The second-order valence-electron chi connectivity index (χ2n) is 5.47. The van der Waals surface area contributed by atoms with Crippen molar-refractivity contribution in [1.29, 1.82) is 0 Å². The Bertz CT molecular complexity index is 782. The quantitative estimate of drug-likeness (QED) is 0.935. The van der Waals surface area contributed by atoms with E-state index in [9.17, 15) is 12.8 Å². The smallest absolute Gasteiger partial charge is 0.240 e. The third-order valence-corrected chi connectivity index (χ3v) is 5.43. The molecule has 0 bridgehead atoms. The van der Waals surface area contributed by atoms with E-state index in [-0.39, 0.29) is 11.4 Å². The van der Waals surface area contributed by atoms with Gasteiger partial charge in [0.25, 0.3) is 0 Å². The van der Waals surface area contributed by atoms with Crippen molar-refractivity contribution in [3.05, 3.63) is 47.3 Å². The first-order chi connectivity index (χ1) is 10.5. The summed E-state index contributed by atoms with van der Waals surface area (Å²) in [5.41, 5.74) is 2.27. The van der Waals surface area contributed by atoms with Crippen LogP contribution in [0.15, 0.2) is 29.2 Å². The fraction of sp³-hybridized carbons (Fsp3) is 0.400. The molecule has 0 spiro atoms. The summed E-state index contributed by atoms with van der Waals surface area (Å²) in [4.78, 5) is 4.59. The Morgan fingerprint density at radius 3 is 2.59 bits per heavy atom. The molecule has 0 radical (unpaired) electrons. The van der Waals surface area contributed by atoms with Gasteiger partial charge in [-0.15, -0.1) is 0 Å². The van der Waals surface area contributed by atoms with Crippen LogP contribution in [0.3, 0.4) is 0 Å². The number of rotatable bonds is 4. The molecule has 1 aromatic heterocycles. The molecule has 1 aromatic carbocycles. The van der Waals surface area contributed by atoms with Crippen LogP contribution in [0.1, 0.15) is 30.1 Å². The minimum absolute atomic E-state index is 0.0490. The lowest BCUT2D eigenvalue weighted by Crippen LogP contribution is -2.25. The van der Waals surface area contributed by atoms with Crippen molar-refractivity contribution < 1.29 is 12.8 Å². The number of hydrogen-bond acceptors (Lipinski definition) is 3. The van der Waals surface area contributed by atoms with Gasteiger partial charge in [-0.25, -0.2) is 22.5 Å². The van der Waals surface area contributed by atoms with Gasteiger partial charge in [0.1, 0.15) is 11.6 Å². The van der Waals surface area contributed by atoms with Crippen LogP contribution in [0.2, 0.25) is 0 Å². The molecule has 7 heteroatoms. The predicted octanol–water partition coefficient (Wildman–Crippen LogP) is 1.92. The van der Waals surface area contributed by atoms with Crippen molar-refractivity contribution >= 4 is 10.0 Å². The van der Waals surface area contributed by atoms with Crippen molar-refractivity contribution in [3.8, 4) is 0 Å². The molecule has 1 heterocycles. The largest absolute Gasteiger partial charge is 0.334 e. The van der Waals surface area contributed by atoms with E-state index in [0.29, 0.717) is 5.82 Å². The molecule has 0 saturated carbocycles. The lowest BCUT2D eigenvalue weighted by molar-refractivity contribution is 0.576. The Morgan fingerprint density at radius 2 is 1.91 bits per heavy atom. The van der Waals surface area contributed by atoms with E-state index >= 15 is 0 Å². The fourth-order valence-corrected chi connectivity index (χ4v) is 3.74. The van der Waals surface area contributed by atoms with E-state index in [1.165, 1.54) is 17.8 Å². The SMILES string of the molecule is Cn1c(CNS(=O)(=O)c2ccc(F)cc2)nc2c1CCCC2. The van der Waals surface area contributed by atoms with Crippen LogP contribution in [0, 0.1) is 5.82 Å². The van der Waals surface area contributed by atoms with E-state index in [0.717, 1.165) is 43.5 Å². The lowest BCUT2D eigenvalue weighted by atomic mass is 10.0. The second-order valence-corrected chi connectivity index (χ2v) is 7.23. The van der Waals surface area contributed by atoms with Crippen LogP contribution in [0.4, 0.5) is 4.39 Å². The molecule has 118 valence electrons. The molecule has 0 fully saturated rings. The molecule has 1 aliphatic carbocycles. The molecule has 0 atom stereocenters. The zero-order valence-corrected chi connectivity index (χ0v) is 13.2. The Hall–Kier alpha value is -1.73. The average molecular weight is 323 g/mol. The maximum Gasteiger partial charge on any atom is 0.240 e. The van der Waals surface area contributed by atoms with Crippen molar-refractivity contribution in [2.24, 2.45) is 7.05 Å². The van der Waals surface area contributed by atoms with Crippen molar-refractivity contribution in [1.82, 2.24) is 14.3 Å². The van der Waals surface area contributed by atoms with Gasteiger partial charge in [0.2, 0.25) is 10.0 Å². The van der Waals surface area contributed by atoms with Crippen molar-refractivity contribution in [2.45, 2.75) is 37.1 Å². The van der Waals surface area contributed by atoms with Gasteiger partial charge in [0.15, 0.2) is 0 Å². The van der Waals surface area contributed by atoms with Gasteiger partial charge in [0, 0.05) is 12.7 Å². The summed E-state index contributed by atoms with van der Waals surface area (Å²) < 4.78 is 41.8. The maximum atomic E-state index is 12.9. The summed E-state index contributed by atoms with van der Waals surface area (Å²) in [6, 6.07) is 4.77. The topological polar surface area (TPSA) is 64.0 Å². The van der Waals surface area contributed by atoms with E-state index in [2.05, 4.69) is 9.71 Å². The average Bonchev–Trinajstić information content (AvgIpc) is 2.83. The van der Waals surface area contributed by atoms with Gasteiger partial charge in [-0.3, -0.25) is 0 Å². The van der Waals surface area contributed by atoms with E-state index in [1.54, 1.807) is 0 Å². The molecule has 3 rings (SSSR count). The number of sulfonamides is 1. The highest BCUT2D eigenvalue weighted by Crippen LogP contribution is 2.21. The maximum absolute atomic E-state index is 12.9. The van der Waals surface area contributed by atoms with Gasteiger partial charge in [-0.2, -0.15) is 0 Å². The summed E-state index contributed by atoms with van der Waals surface area (Å²) >= 11 is 0. The van der Waals surface area contributed by atoms with E-state index in [4.69, 9.17) is 0 Å². The summed E-state index contributed by atoms with van der Waals surface area (Å²) in [5, 5.41) is 0. The fourth-order valence-electron chi connectivity index (χ4n) is 2.76. The number of fused-ring (bicyclic) bond motifs is 1. The molecule has 0 aliphatic heterocycles. The number of imidazole rings is 1. The molecule has 22 heavy (non-hydrogen) atoms. The molecule has 1 aliphatic rings. The number of halogens is 1. The molecule has 0 amide bonds. The molecule has 0 unspecified atom stereocenters. The molecular weight excluding hydrogens is 305 g/mol. The van der Waals surface area contributed by atoms with E-state index < -0.39 is 15.8 Å². The standard InChI is InChI=1S/C15H18FN3O2S/c1-19-14-5-3-2-4-13(14)18-15(19)10-17-22(20,21)12-8-6-11(16)7-9-12/h6-9,17H,2-5,10H2,1H3. The van der Waals surface area contributed by atoms with E-state index in [1.807, 2.05) is 11.6 Å². The zero-order chi connectivity index (χ0) is 15.7. The summed E-state index contributed by atoms with van der Waals surface area (Å²) in [6.07, 6.45) is 4.22. The minimum Gasteiger partial charge on any atom is -0.334 e.